The largest absolute Gasteiger partial charge is 0.350 e. The van der Waals surface area contributed by atoms with Gasteiger partial charge in [0.25, 0.3) is 0 Å². The van der Waals surface area contributed by atoms with E-state index >= 15 is 0 Å². The summed E-state index contributed by atoms with van der Waals surface area (Å²) >= 11 is 5.51. The highest BCUT2D eigenvalue weighted by Gasteiger charge is 2.08. The summed E-state index contributed by atoms with van der Waals surface area (Å²) in [5.41, 5.74) is 1.01. The van der Waals surface area contributed by atoms with Gasteiger partial charge in [0, 0.05) is 24.7 Å². The average molecular weight is 227 g/mol. The molecule has 0 aliphatic heterocycles. The summed E-state index contributed by atoms with van der Waals surface area (Å²) in [6.07, 6.45) is 4.67. The smallest absolute Gasteiger partial charge is 0.220 e. The normalized spacial score (nSPS) is 12.1. The van der Waals surface area contributed by atoms with Crippen LogP contribution in [0.3, 0.4) is 0 Å². The van der Waals surface area contributed by atoms with E-state index in [1.54, 1.807) is 12.4 Å². The first-order valence-electron chi connectivity index (χ1n) is 4.99. The van der Waals surface area contributed by atoms with Crippen LogP contribution in [0, 0.1) is 0 Å². The second-order valence-corrected chi connectivity index (χ2v) is 3.75. The van der Waals surface area contributed by atoms with Gasteiger partial charge in [-0.05, 0) is 25.0 Å². The van der Waals surface area contributed by atoms with Crippen LogP contribution in [0.25, 0.3) is 0 Å². The van der Waals surface area contributed by atoms with Gasteiger partial charge in [-0.15, -0.1) is 11.6 Å². The van der Waals surface area contributed by atoms with E-state index < -0.39 is 0 Å². The summed E-state index contributed by atoms with van der Waals surface area (Å²) < 4.78 is 0. The first-order chi connectivity index (χ1) is 7.24. The molecule has 15 heavy (non-hydrogen) atoms. The van der Waals surface area contributed by atoms with E-state index in [4.69, 9.17) is 11.6 Å². The molecule has 0 bridgehead atoms. The number of pyridine rings is 1. The van der Waals surface area contributed by atoms with Gasteiger partial charge in [-0.3, -0.25) is 9.78 Å². The predicted molar refractivity (Wildman–Crippen MR) is 60.7 cm³/mol. The third-order valence-corrected chi connectivity index (χ3v) is 2.37. The van der Waals surface area contributed by atoms with Crippen molar-refractivity contribution in [2.45, 2.75) is 25.8 Å². The van der Waals surface area contributed by atoms with Crippen molar-refractivity contribution in [2.24, 2.45) is 0 Å². The second-order valence-electron chi connectivity index (χ2n) is 3.37. The van der Waals surface area contributed by atoms with Crippen molar-refractivity contribution in [2.75, 3.05) is 5.88 Å². The molecule has 1 aromatic heterocycles. The van der Waals surface area contributed by atoms with Crippen LogP contribution in [0.2, 0.25) is 0 Å². The summed E-state index contributed by atoms with van der Waals surface area (Å²) in [4.78, 5) is 15.4. The molecule has 1 rings (SSSR count). The highest BCUT2D eigenvalue weighted by molar-refractivity contribution is 6.17. The van der Waals surface area contributed by atoms with E-state index in [0.29, 0.717) is 18.7 Å². The fourth-order valence-electron chi connectivity index (χ4n) is 1.26. The van der Waals surface area contributed by atoms with E-state index in [-0.39, 0.29) is 11.9 Å². The zero-order chi connectivity index (χ0) is 11.1. The molecule has 0 saturated carbocycles. The minimum atomic E-state index is 0.00141. The summed E-state index contributed by atoms with van der Waals surface area (Å²) in [6, 6.07) is 3.80. The fraction of sp³-hybridized carbons (Fsp3) is 0.455. The number of aromatic nitrogens is 1. The van der Waals surface area contributed by atoms with Crippen molar-refractivity contribution in [3.63, 3.8) is 0 Å². The Bertz CT molecular complexity index is 303. The van der Waals surface area contributed by atoms with Crippen molar-refractivity contribution in [1.29, 1.82) is 0 Å². The maximum atomic E-state index is 11.4. The molecule has 0 spiro atoms. The Hall–Kier alpha value is -1.09. The highest BCUT2D eigenvalue weighted by atomic mass is 35.5. The van der Waals surface area contributed by atoms with Crippen LogP contribution in [-0.2, 0) is 4.79 Å². The first kappa shape index (κ1) is 12.0. The van der Waals surface area contributed by atoms with Gasteiger partial charge in [0.1, 0.15) is 0 Å². The minimum absolute atomic E-state index is 0.00141. The molecule has 1 atom stereocenters. The lowest BCUT2D eigenvalue weighted by atomic mass is 10.1. The topological polar surface area (TPSA) is 42.0 Å². The van der Waals surface area contributed by atoms with Crippen molar-refractivity contribution in [3.05, 3.63) is 30.1 Å². The number of halogens is 1. The number of alkyl halides is 1. The summed E-state index contributed by atoms with van der Waals surface area (Å²) in [6.45, 7) is 1.94. The van der Waals surface area contributed by atoms with Gasteiger partial charge in [-0.2, -0.15) is 0 Å². The lowest BCUT2D eigenvalue weighted by molar-refractivity contribution is -0.121. The molecule has 0 fully saturated rings. The molecule has 0 radical (unpaired) electrons. The van der Waals surface area contributed by atoms with Crippen molar-refractivity contribution < 1.29 is 4.79 Å². The lowest BCUT2D eigenvalue weighted by Crippen LogP contribution is -2.26. The van der Waals surface area contributed by atoms with Crippen LogP contribution in [0.15, 0.2) is 24.5 Å². The number of rotatable bonds is 5. The van der Waals surface area contributed by atoms with Crippen molar-refractivity contribution >= 4 is 17.5 Å². The Balaban J connectivity index is 2.42. The van der Waals surface area contributed by atoms with E-state index in [0.717, 1.165) is 5.56 Å². The van der Waals surface area contributed by atoms with Crippen molar-refractivity contribution in [3.8, 4) is 0 Å². The molecule has 1 heterocycles. The maximum absolute atomic E-state index is 11.4. The molecule has 0 saturated heterocycles. The molecule has 0 aliphatic carbocycles. The molecule has 0 unspecified atom stereocenters. The number of nitrogens with zero attached hydrogens (tertiary/aromatic N) is 1. The van der Waals surface area contributed by atoms with Crippen LogP contribution in [0.4, 0.5) is 0 Å². The number of carbonyl (C=O) groups excluding carboxylic acids is 1. The molecule has 0 aliphatic rings. The van der Waals surface area contributed by atoms with Crippen molar-refractivity contribution in [1.82, 2.24) is 10.3 Å². The number of hydrogen-bond donors (Lipinski definition) is 1. The van der Waals surface area contributed by atoms with Gasteiger partial charge in [-0.1, -0.05) is 6.07 Å². The van der Waals surface area contributed by atoms with Gasteiger partial charge in [-0.25, -0.2) is 0 Å². The SMILES string of the molecule is C[C@@H](NC(=O)CCCCl)c1cccnc1. The van der Waals surface area contributed by atoms with Gasteiger partial charge in [0.15, 0.2) is 0 Å². The third kappa shape index (κ3) is 4.30. The Morgan fingerprint density at radius 1 is 1.67 bits per heavy atom. The number of nitrogens with one attached hydrogen (secondary N) is 1. The summed E-state index contributed by atoms with van der Waals surface area (Å²) in [5, 5.41) is 2.89. The number of hydrogen-bond acceptors (Lipinski definition) is 2. The van der Waals surface area contributed by atoms with E-state index in [1.807, 2.05) is 19.1 Å². The van der Waals surface area contributed by atoms with Crippen LogP contribution in [0.1, 0.15) is 31.4 Å². The highest BCUT2D eigenvalue weighted by Crippen LogP contribution is 2.09. The summed E-state index contributed by atoms with van der Waals surface area (Å²) in [7, 11) is 0. The lowest BCUT2D eigenvalue weighted by Gasteiger charge is -2.13. The monoisotopic (exact) mass is 226 g/mol. The minimum Gasteiger partial charge on any atom is -0.350 e. The number of amides is 1. The molecule has 1 amide bonds. The van der Waals surface area contributed by atoms with Crippen LogP contribution >= 0.6 is 11.6 Å². The van der Waals surface area contributed by atoms with E-state index in [9.17, 15) is 4.79 Å². The zero-order valence-corrected chi connectivity index (χ0v) is 9.50. The Morgan fingerprint density at radius 2 is 2.47 bits per heavy atom. The predicted octanol–water partition coefficient (Wildman–Crippen LogP) is 2.28. The molecule has 4 heteroatoms. The molecule has 1 aromatic rings. The molecule has 3 nitrogen and oxygen atoms in total. The van der Waals surface area contributed by atoms with Gasteiger partial charge >= 0.3 is 0 Å². The average Bonchev–Trinajstić information content (AvgIpc) is 2.27. The van der Waals surface area contributed by atoms with Crippen LogP contribution in [-0.4, -0.2) is 16.8 Å². The molecule has 82 valence electrons. The quantitative estimate of drug-likeness (QED) is 0.783. The second kappa shape index (κ2) is 6.40. The zero-order valence-electron chi connectivity index (χ0n) is 8.74. The molecular weight excluding hydrogens is 212 g/mol. The Labute approximate surface area is 94.9 Å². The molecular formula is C11H15ClN2O. The van der Waals surface area contributed by atoms with E-state index in [2.05, 4.69) is 10.3 Å². The van der Waals surface area contributed by atoms with E-state index in [1.165, 1.54) is 0 Å². The fourth-order valence-corrected chi connectivity index (χ4v) is 1.39. The van der Waals surface area contributed by atoms with Crippen LogP contribution in [0.5, 0.6) is 0 Å². The van der Waals surface area contributed by atoms with Gasteiger partial charge in [0.05, 0.1) is 6.04 Å². The Kier molecular flexibility index (Phi) is 5.12. The summed E-state index contributed by atoms with van der Waals surface area (Å²) in [5.74, 6) is 0.557. The van der Waals surface area contributed by atoms with Gasteiger partial charge < -0.3 is 5.32 Å². The van der Waals surface area contributed by atoms with Gasteiger partial charge in [0.2, 0.25) is 5.91 Å². The van der Waals surface area contributed by atoms with Crippen LogP contribution < -0.4 is 5.32 Å². The molecule has 1 N–H and O–H groups in total. The first-order valence-corrected chi connectivity index (χ1v) is 5.52. The third-order valence-electron chi connectivity index (χ3n) is 2.10. The Morgan fingerprint density at radius 3 is 3.07 bits per heavy atom. The maximum Gasteiger partial charge on any atom is 0.220 e. The molecule has 0 aromatic carbocycles. The number of carbonyl (C=O) groups is 1. The standard InChI is InChI=1S/C11H15ClN2O/c1-9(10-4-3-7-13-8-10)14-11(15)5-2-6-12/h3-4,7-9H,2,5-6H2,1H3,(H,14,15)/t9-/m1/s1.